The molecule has 0 aliphatic heterocycles. The Kier molecular flexibility index (Phi) is 3.93. The number of H-pyrrole nitrogens is 1. The van der Waals surface area contributed by atoms with Crippen LogP contribution in [0.15, 0.2) is 35.3 Å². The van der Waals surface area contributed by atoms with Crippen LogP contribution in [0.4, 0.5) is 0 Å². The van der Waals surface area contributed by atoms with Crippen molar-refractivity contribution in [2.75, 3.05) is 0 Å². The minimum absolute atomic E-state index is 0.0118. The molecule has 1 aromatic carbocycles. The van der Waals surface area contributed by atoms with E-state index in [0.717, 1.165) is 6.20 Å². The van der Waals surface area contributed by atoms with Gasteiger partial charge in [-0.25, -0.2) is 4.79 Å². The van der Waals surface area contributed by atoms with Crippen molar-refractivity contribution in [3.8, 4) is 0 Å². The normalized spacial score (nSPS) is 10.4. The quantitative estimate of drug-likeness (QED) is 0.915. The van der Waals surface area contributed by atoms with Crippen molar-refractivity contribution in [2.24, 2.45) is 0 Å². The van der Waals surface area contributed by atoms with E-state index in [1.165, 1.54) is 6.07 Å². The molecule has 0 fully saturated rings. The van der Waals surface area contributed by atoms with E-state index in [4.69, 9.17) is 28.3 Å². The van der Waals surface area contributed by atoms with Crippen LogP contribution in [0.1, 0.15) is 21.5 Å². The van der Waals surface area contributed by atoms with Gasteiger partial charge >= 0.3 is 5.97 Å². The number of carbonyl (C=O) groups is 1. The van der Waals surface area contributed by atoms with Gasteiger partial charge in [-0.2, -0.15) is 0 Å². The molecule has 1 heterocycles. The predicted molar refractivity (Wildman–Crippen MR) is 73.3 cm³/mol. The predicted octanol–water partition coefficient (Wildman–Crippen LogP) is 2.97. The van der Waals surface area contributed by atoms with Crippen molar-refractivity contribution in [3.63, 3.8) is 0 Å². The molecule has 2 aromatic rings. The molecule has 0 saturated heterocycles. The Morgan fingerprint density at radius 3 is 2.47 bits per heavy atom. The molecule has 98 valence electrons. The number of carboxylic acids is 1. The van der Waals surface area contributed by atoms with Gasteiger partial charge in [0, 0.05) is 28.2 Å². The molecule has 2 rings (SSSR count). The van der Waals surface area contributed by atoms with Crippen molar-refractivity contribution in [3.05, 3.63) is 67.6 Å². The highest BCUT2D eigenvalue weighted by Crippen LogP contribution is 2.26. The van der Waals surface area contributed by atoms with Crippen LogP contribution in [0.3, 0.4) is 0 Å². The Morgan fingerprint density at radius 1 is 1.26 bits per heavy atom. The molecule has 19 heavy (non-hydrogen) atoms. The first-order chi connectivity index (χ1) is 8.99. The van der Waals surface area contributed by atoms with E-state index in [0.29, 0.717) is 21.2 Å². The van der Waals surface area contributed by atoms with Gasteiger partial charge in [-0.3, -0.25) is 4.79 Å². The van der Waals surface area contributed by atoms with Crippen LogP contribution in [-0.2, 0) is 6.42 Å². The van der Waals surface area contributed by atoms with E-state index in [1.54, 1.807) is 18.2 Å². The summed E-state index contributed by atoms with van der Waals surface area (Å²) in [4.78, 5) is 24.9. The average Bonchev–Trinajstić information content (AvgIpc) is 2.35. The fourth-order valence-electron chi connectivity index (χ4n) is 1.68. The molecule has 1 aromatic heterocycles. The minimum atomic E-state index is -1.11. The third-order valence-corrected chi connectivity index (χ3v) is 3.36. The second kappa shape index (κ2) is 5.47. The highest BCUT2D eigenvalue weighted by Gasteiger charge is 2.11. The van der Waals surface area contributed by atoms with E-state index >= 15 is 0 Å². The summed E-state index contributed by atoms with van der Waals surface area (Å²) < 4.78 is 0. The number of benzene rings is 1. The molecule has 0 bridgehead atoms. The Hall–Kier alpha value is -1.78. The van der Waals surface area contributed by atoms with Crippen molar-refractivity contribution in [1.29, 1.82) is 0 Å². The molecule has 0 aliphatic rings. The van der Waals surface area contributed by atoms with Gasteiger partial charge in [-0.1, -0.05) is 29.3 Å². The molecule has 0 radical (unpaired) electrons. The summed E-state index contributed by atoms with van der Waals surface area (Å²) >= 11 is 12.0. The maximum atomic E-state index is 11.7. The maximum Gasteiger partial charge on any atom is 0.337 e. The van der Waals surface area contributed by atoms with Gasteiger partial charge in [-0.15, -0.1) is 0 Å². The Bertz CT molecular complexity index is 674. The Balaban J connectivity index is 2.46. The lowest BCUT2D eigenvalue weighted by Gasteiger charge is -2.06. The average molecular weight is 298 g/mol. The second-order valence-corrected chi connectivity index (χ2v) is 4.74. The number of rotatable bonds is 3. The first-order valence-corrected chi connectivity index (χ1v) is 6.12. The molecule has 0 aliphatic carbocycles. The van der Waals surface area contributed by atoms with Crippen LogP contribution < -0.4 is 5.56 Å². The fourth-order valence-corrected chi connectivity index (χ4v) is 2.21. The summed E-state index contributed by atoms with van der Waals surface area (Å²) in [6.07, 6.45) is 1.33. The van der Waals surface area contributed by atoms with Gasteiger partial charge in [0.05, 0.1) is 5.56 Å². The molecule has 2 N–H and O–H groups in total. The molecule has 0 unspecified atom stereocenters. The molecule has 4 nitrogen and oxygen atoms in total. The van der Waals surface area contributed by atoms with Gasteiger partial charge < -0.3 is 10.1 Å². The SMILES string of the molecule is O=C(O)c1c[nH]c(=O)c(Cc2c(Cl)cccc2Cl)c1. The summed E-state index contributed by atoms with van der Waals surface area (Å²) in [7, 11) is 0. The first-order valence-electron chi connectivity index (χ1n) is 5.37. The van der Waals surface area contributed by atoms with Crippen molar-refractivity contribution < 1.29 is 9.90 Å². The number of hydrogen-bond acceptors (Lipinski definition) is 2. The highest BCUT2D eigenvalue weighted by atomic mass is 35.5. The number of halogens is 2. The van der Waals surface area contributed by atoms with Crippen LogP contribution in [0.2, 0.25) is 10.0 Å². The Labute approximate surface area is 118 Å². The monoisotopic (exact) mass is 297 g/mol. The van der Waals surface area contributed by atoms with Gasteiger partial charge in [0.25, 0.3) is 5.56 Å². The number of nitrogens with one attached hydrogen (secondary N) is 1. The standard InChI is InChI=1S/C13H9Cl2NO3/c14-10-2-1-3-11(15)9(10)5-7-4-8(13(18)19)6-16-12(7)17/h1-4,6H,5H2,(H,16,17)(H,18,19). The lowest BCUT2D eigenvalue weighted by atomic mass is 10.0. The molecule has 0 spiro atoms. The molecular weight excluding hydrogens is 289 g/mol. The molecule has 6 heteroatoms. The van der Waals surface area contributed by atoms with Gasteiger partial charge in [0.15, 0.2) is 0 Å². The second-order valence-electron chi connectivity index (χ2n) is 3.92. The van der Waals surface area contributed by atoms with E-state index in [9.17, 15) is 9.59 Å². The van der Waals surface area contributed by atoms with E-state index in [2.05, 4.69) is 4.98 Å². The van der Waals surface area contributed by atoms with Crippen molar-refractivity contribution in [1.82, 2.24) is 4.98 Å². The van der Waals surface area contributed by atoms with E-state index in [1.807, 2.05) is 0 Å². The van der Waals surface area contributed by atoms with Crippen LogP contribution in [-0.4, -0.2) is 16.1 Å². The smallest absolute Gasteiger partial charge is 0.337 e. The zero-order chi connectivity index (χ0) is 14.0. The van der Waals surface area contributed by atoms with Crippen molar-refractivity contribution in [2.45, 2.75) is 6.42 Å². The molecule has 0 saturated carbocycles. The minimum Gasteiger partial charge on any atom is -0.478 e. The summed E-state index contributed by atoms with van der Waals surface area (Å²) in [5.41, 5.74) is 0.549. The summed E-state index contributed by atoms with van der Waals surface area (Å²) in [5, 5.41) is 9.78. The highest BCUT2D eigenvalue weighted by molar-refractivity contribution is 6.36. The van der Waals surface area contributed by atoms with Crippen LogP contribution in [0.25, 0.3) is 0 Å². The topological polar surface area (TPSA) is 70.2 Å². The van der Waals surface area contributed by atoms with Crippen LogP contribution in [0, 0.1) is 0 Å². The zero-order valence-corrected chi connectivity index (χ0v) is 11.1. The van der Waals surface area contributed by atoms with Crippen molar-refractivity contribution >= 4 is 29.2 Å². The third-order valence-electron chi connectivity index (χ3n) is 2.66. The lowest BCUT2D eigenvalue weighted by molar-refractivity contribution is 0.0696. The van der Waals surface area contributed by atoms with Crippen LogP contribution >= 0.6 is 23.2 Å². The van der Waals surface area contributed by atoms with Gasteiger partial charge in [-0.05, 0) is 23.8 Å². The van der Waals surface area contributed by atoms with Crippen LogP contribution in [0.5, 0.6) is 0 Å². The van der Waals surface area contributed by atoms with Gasteiger partial charge in [0.2, 0.25) is 0 Å². The summed E-state index contributed by atoms with van der Waals surface area (Å²) in [6.45, 7) is 0. The fraction of sp³-hybridized carbons (Fsp3) is 0.0769. The zero-order valence-electron chi connectivity index (χ0n) is 9.61. The number of pyridine rings is 1. The lowest BCUT2D eigenvalue weighted by Crippen LogP contribution is -2.15. The number of aromatic amines is 1. The first kappa shape index (κ1) is 13.6. The number of aromatic nitrogens is 1. The van der Waals surface area contributed by atoms with E-state index in [-0.39, 0.29) is 17.5 Å². The number of aromatic carboxylic acids is 1. The number of hydrogen-bond donors (Lipinski definition) is 2. The molecule has 0 atom stereocenters. The summed E-state index contributed by atoms with van der Waals surface area (Å²) in [6, 6.07) is 6.35. The summed E-state index contributed by atoms with van der Waals surface area (Å²) in [5.74, 6) is -1.11. The number of carboxylic acid groups (broad SMARTS) is 1. The largest absolute Gasteiger partial charge is 0.478 e. The third kappa shape index (κ3) is 2.97. The Morgan fingerprint density at radius 2 is 1.89 bits per heavy atom. The molecular formula is C13H9Cl2NO3. The maximum absolute atomic E-state index is 11.7. The molecule has 0 amide bonds. The van der Waals surface area contributed by atoms with E-state index < -0.39 is 5.97 Å². The van der Waals surface area contributed by atoms with Gasteiger partial charge in [0.1, 0.15) is 0 Å².